The van der Waals surface area contributed by atoms with Gasteiger partial charge in [-0.05, 0) is 30.7 Å². The van der Waals surface area contributed by atoms with E-state index in [9.17, 15) is 0 Å². The summed E-state index contributed by atoms with van der Waals surface area (Å²) in [7, 11) is 0. The first-order valence-corrected chi connectivity index (χ1v) is 5.97. The number of nitrogen functional groups attached to an aromatic ring is 1. The van der Waals surface area contributed by atoms with Crippen LogP contribution >= 0.6 is 22.9 Å². The van der Waals surface area contributed by atoms with Crippen molar-refractivity contribution in [2.45, 2.75) is 32.6 Å². The molecule has 1 aliphatic rings. The Hall–Kier alpha value is -0.210. The first-order chi connectivity index (χ1) is 6.22. The first-order valence-electron chi connectivity index (χ1n) is 4.77. The van der Waals surface area contributed by atoms with Gasteiger partial charge in [0.15, 0.2) is 0 Å². The number of halogens is 1. The molecular weight excluding hydrogens is 202 g/mol. The van der Waals surface area contributed by atoms with Gasteiger partial charge in [-0.3, -0.25) is 0 Å². The first kappa shape index (κ1) is 9.35. The van der Waals surface area contributed by atoms with Crippen LogP contribution in [-0.4, -0.2) is 0 Å². The molecule has 1 aromatic rings. The highest BCUT2D eigenvalue weighted by molar-refractivity contribution is 7.17. The lowest BCUT2D eigenvalue weighted by atomic mass is 9.87. The van der Waals surface area contributed by atoms with Crippen molar-refractivity contribution in [2.24, 2.45) is 5.92 Å². The Morgan fingerprint density at radius 3 is 3.08 bits per heavy atom. The van der Waals surface area contributed by atoms with Crippen molar-refractivity contribution in [3.8, 4) is 0 Å². The standard InChI is InChI=1S/C10H14ClNS/c1-2-6-3-4-7-8(5-6)13-10(11)9(7)12/h6H,2-5,12H2,1H3. The van der Waals surface area contributed by atoms with Gasteiger partial charge in [-0.2, -0.15) is 0 Å². The van der Waals surface area contributed by atoms with E-state index in [-0.39, 0.29) is 0 Å². The van der Waals surface area contributed by atoms with Crippen molar-refractivity contribution < 1.29 is 0 Å². The molecule has 0 radical (unpaired) electrons. The fraction of sp³-hybridized carbons (Fsp3) is 0.600. The van der Waals surface area contributed by atoms with Crippen LogP contribution in [0.4, 0.5) is 5.69 Å². The molecule has 1 aromatic heterocycles. The molecule has 0 amide bonds. The summed E-state index contributed by atoms with van der Waals surface area (Å²) in [6.45, 7) is 2.26. The van der Waals surface area contributed by atoms with Crippen LogP contribution in [0.2, 0.25) is 4.34 Å². The van der Waals surface area contributed by atoms with Crippen molar-refractivity contribution >= 4 is 28.6 Å². The van der Waals surface area contributed by atoms with Crippen molar-refractivity contribution in [1.29, 1.82) is 0 Å². The topological polar surface area (TPSA) is 26.0 Å². The summed E-state index contributed by atoms with van der Waals surface area (Å²) in [5.74, 6) is 0.849. The number of fused-ring (bicyclic) bond motifs is 1. The molecule has 0 spiro atoms. The molecule has 3 heteroatoms. The normalized spacial score (nSPS) is 21.5. The predicted octanol–water partition coefficient (Wildman–Crippen LogP) is 3.50. The number of hydrogen-bond donors (Lipinski definition) is 1. The highest BCUT2D eigenvalue weighted by Gasteiger charge is 2.22. The van der Waals surface area contributed by atoms with E-state index in [1.165, 1.54) is 29.7 Å². The van der Waals surface area contributed by atoms with E-state index in [0.717, 1.165) is 22.4 Å². The largest absolute Gasteiger partial charge is 0.397 e. The lowest BCUT2D eigenvalue weighted by molar-refractivity contribution is 0.450. The Morgan fingerprint density at radius 2 is 2.38 bits per heavy atom. The fourth-order valence-electron chi connectivity index (χ4n) is 1.99. The van der Waals surface area contributed by atoms with Crippen molar-refractivity contribution in [3.63, 3.8) is 0 Å². The maximum absolute atomic E-state index is 6.00. The quantitative estimate of drug-likeness (QED) is 0.763. The molecule has 13 heavy (non-hydrogen) atoms. The third-order valence-corrected chi connectivity index (χ3v) is 4.43. The Kier molecular flexibility index (Phi) is 2.52. The minimum absolute atomic E-state index is 0.793. The third-order valence-electron chi connectivity index (χ3n) is 2.94. The number of rotatable bonds is 1. The molecule has 1 aliphatic carbocycles. The van der Waals surface area contributed by atoms with Gasteiger partial charge in [0.05, 0.1) is 5.69 Å². The number of thiophene rings is 1. The number of anilines is 1. The second-order valence-corrected chi connectivity index (χ2v) is 5.42. The SMILES string of the molecule is CCC1CCc2c(sc(Cl)c2N)C1. The van der Waals surface area contributed by atoms with E-state index in [1.54, 1.807) is 11.3 Å². The van der Waals surface area contributed by atoms with Gasteiger partial charge in [-0.1, -0.05) is 24.9 Å². The zero-order chi connectivity index (χ0) is 9.42. The molecule has 72 valence electrons. The summed E-state index contributed by atoms with van der Waals surface area (Å²) in [4.78, 5) is 1.43. The molecule has 1 unspecified atom stereocenters. The van der Waals surface area contributed by atoms with Crippen LogP contribution in [-0.2, 0) is 12.8 Å². The summed E-state index contributed by atoms with van der Waals surface area (Å²) in [5, 5.41) is 0. The molecule has 1 atom stereocenters. The monoisotopic (exact) mass is 215 g/mol. The molecule has 2 N–H and O–H groups in total. The van der Waals surface area contributed by atoms with Gasteiger partial charge in [-0.15, -0.1) is 11.3 Å². The minimum Gasteiger partial charge on any atom is -0.397 e. The summed E-state index contributed by atoms with van der Waals surface area (Å²) in [6.07, 6.45) is 4.87. The molecule has 0 saturated heterocycles. The summed E-state index contributed by atoms with van der Waals surface area (Å²) in [6, 6.07) is 0. The lowest BCUT2D eigenvalue weighted by Gasteiger charge is -2.20. The van der Waals surface area contributed by atoms with Crippen LogP contribution in [0.15, 0.2) is 0 Å². The fourth-order valence-corrected chi connectivity index (χ4v) is 3.49. The Balaban J connectivity index is 2.31. The molecule has 0 saturated carbocycles. The van der Waals surface area contributed by atoms with E-state index < -0.39 is 0 Å². The maximum atomic E-state index is 6.00. The average molecular weight is 216 g/mol. The molecule has 0 bridgehead atoms. The van der Waals surface area contributed by atoms with E-state index in [4.69, 9.17) is 17.3 Å². The lowest BCUT2D eigenvalue weighted by Crippen LogP contribution is -2.11. The van der Waals surface area contributed by atoms with E-state index >= 15 is 0 Å². The number of hydrogen-bond acceptors (Lipinski definition) is 2. The van der Waals surface area contributed by atoms with E-state index in [1.807, 2.05) is 0 Å². The Labute approximate surface area is 87.9 Å². The zero-order valence-electron chi connectivity index (χ0n) is 7.77. The highest BCUT2D eigenvalue weighted by Crippen LogP contribution is 2.41. The van der Waals surface area contributed by atoms with Gasteiger partial charge in [0.2, 0.25) is 0 Å². The second kappa shape index (κ2) is 3.50. The van der Waals surface area contributed by atoms with Crippen molar-refractivity contribution in [1.82, 2.24) is 0 Å². The summed E-state index contributed by atoms with van der Waals surface area (Å²) >= 11 is 7.68. The maximum Gasteiger partial charge on any atom is 0.116 e. The van der Waals surface area contributed by atoms with Gasteiger partial charge in [0.25, 0.3) is 0 Å². The van der Waals surface area contributed by atoms with Gasteiger partial charge in [0.1, 0.15) is 4.34 Å². The van der Waals surface area contributed by atoms with Crippen LogP contribution in [0.1, 0.15) is 30.2 Å². The van der Waals surface area contributed by atoms with Crippen molar-refractivity contribution in [3.05, 3.63) is 14.8 Å². The Bertz CT molecular complexity index is 319. The van der Waals surface area contributed by atoms with Crippen LogP contribution in [0.3, 0.4) is 0 Å². The Morgan fingerprint density at radius 1 is 1.62 bits per heavy atom. The summed E-state index contributed by atoms with van der Waals surface area (Å²) in [5.41, 5.74) is 8.07. The molecule has 1 nitrogen and oxygen atoms in total. The minimum atomic E-state index is 0.793. The van der Waals surface area contributed by atoms with Crippen LogP contribution in [0, 0.1) is 5.92 Å². The van der Waals surface area contributed by atoms with E-state index in [2.05, 4.69) is 6.92 Å². The second-order valence-electron chi connectivity index (χ2n) is 3.71. The molecule has 1 heterocycles. The molecule has 2 rings (SSSR count). The van der Waals surface area contributed by atoms with Crippen LogP contribution in [0.5, 0.6) is 0 Å². The molecule has 0 fully saturated rings. The third kappa shape index (κ3) is 1.57. The van der Waals surface area contributed by atoms with Gasteiger partial charge in [0, 0.05) is 4.88 Å². The van der Waals surface area contributed by atoms with Gasteiger partial charge < -0.3 is 5.73 Å². The predicted molar refractivity (Wildman–Crippen MR) is 59.5 cm³/mol. The zero-order valence-corrected chi connectivity index (χ0v) is 9.34. The highest BCUT2D eigenvalue weighted by atomic mass is 35.5. The smallest absolute Gasteiger partial charge is 0.116 e. The average Bonchev–Trinajstić information content (AvgIpc) is 2.42. The van der Waals surface area contributed by atoms with Gasteiger partial charge >= 0.3 is 0 Å². The molecule has 0 aromatic carbocycles. The summed E-state index contributed by atoms with van der Waals surface area (Å²) < 4.78 is 0.793. The number of nitrogens with two attached hydrogens (primary N) is 1. The molecular formula is C10H14ClNS. The molecule has 0 aliphatic heterocycles. The van der Waals surface area contributed by atoms with Crippen LogP contribution in [0.25, 0.3) is 0 Å². The van der Waals surface area contributed by atoms with Crippen molar-refractivity contribution in [2.75, 3.05) is 5.73 Å². The van der Waals surface area contributed by atoms with E-state index in [0.29, 0.717) is 0 Å². The van der Waals surface area contributed by atoms with Gasteiger partial charge in [-0.25, -0.2) is 0 Å². The van der Waals surface area contributed by atoms with Crippen LogP contribution < -0.4 is 5.73 Å².